The number of piperazine rings is 1. The van der Waals surface area contributed by atoms with E-state index >= 15 is 0 Å². The maximum absolute atomic E-state index is 12.2. The molecule has 5 nitrogen and oxygen atoms in total. The summed E-state index contributed by atoms with van der Waals surface area (Å²) in [6.07, 6.45) is -0.907. The highest BCUT2D eigenvalue weighted by Crippen LogP contribution is 2.25. The molecule has 1 fully saturated rings. The molecule has 1 atom stereocenters. The van der Waals surface area contributed by atoms with Crippen LogP contribution in [0.3, 0.4) is 0 Å². The van der Waals surface area contributed by atoms with Gasteiger partial charge in [0.25, 0.3) is 0 Å². The average Bonchev–Trinajstić information content (AvgIpc) is 2.47. The van der Waals surface area contributed by atoms with Gasteiger partial charge in [0.05, 0.1) is 19.1 Å². The molecule has 0 spiro atoms. The van der Waals surface area contributed by atoms with E-state index in [0.29, 0.717) is 35.2 Å². The van der Waals surface area contributed by atoms with E-state index in [1.54, 1.807) is 23.1 Å². The monoisotopic (exact) mass is 346 g/mol. The van der Waals surface area contributed by atoms with Crippen molar-refractivity contribution in [3.8, 4) is 0 Å². The molecule has 0 bridgehead atoms. The SMILES string of the molecule is O=C(CC(O)c1cc(Cl)cc(Cl)c1)N1CCN(CCO)CC1. The van der Waals surface area contributed by atoms with Gasteiger partial charge in [0, 0.05) is 42.8 Å². The van der Waals surface area contributed by atoms with E-state index in [9.17, 15) is 9.90 Å². The number of β-amino-alcohol motifs (C(OH)–C–C–N with tert-alkyl or cyclic N) is 1. The maximum Gasteiger partial charge on any atom is 0.225 e. The molecule has 1 unspecified atom stereocenters. The minimum Gasteiger partial charge on any atom is -0.395 e. The van der Waals surface area contributed by atoms with E-state index in [1.165, 1.54) is 0 Å². The van der Waals surface area contributed by atoms with Crippen LogP contribution in [0, 0.1) is 0 Å². The molecule has 22 heavy (non-hydrogen) atoms. The normalized spacial score (nSPS) is 17.5. The fraction of sp³-hybridized carbons (Fsp3) is 0.533. The maximum atomic E-state index is 12.2. The molecule has 1 aromatic rings. The van der Waals surface area contributed by atoms with E-state index < -0.39 is 6.10 Å². The number of rotatable bonds is 5. The van der Waals surface area contributed by atoms with Gasteiger partial charge in [-0.25, -0.2) is 0 Å². The van der Waals surface area contributed by atoms with Gasteiger partial charge in [-0.05, 0) is 23.8 Å². The number of nitrogens with zero attached hydrogens (tertiary/aromatic N) is 2. The van der Waals surface area contributed by atoms with Gasteiger partial charge in [0.15, 0.2) is 0 Å². The largest absolute Gasteiger partial charge is 0.395 e. The Labute approximate surface area is 140 Å². The third-order valence-corrected chi connectivity index (χ3v) is 4.22. The molecule has 2 rings (SSSR count). The minimum absolute atomic E-state index is 0.0106. The van der Waals surface area contributed by atoms with Crippen LogP contribution in [0.15, 0.2) is 18.2 Å². The summed E-state index contributed by atoms with van der Waals surface area (Å²) in [6, 6.07) is 4.82. The molecule has 122 valence electrons. The molecule has 0 aliphatic carbocycles. The highest BCUT2D eigenvalue weighted by atomic mass is 35.5. The Kier molecular flexibility index (Phi) is 6.47. The summed E-state index contributed by atoms with van der Waals surface area (Å²) in [6.45, 7) is 3.47. The van der Waals surface area contributed by atoms with E-state index in [4.69, 9.17) is 28.3 Å². The molecule has 1 aliphatic rings. The molecule has 1 heterocycles. The Balaban J connectivity index is 1.89. The zero-order valence-electron chi connectivity index (χ0n) is 12.2. The minimum atomic E-state index is -0.917. The van der Waals surface area contributed by atoms with Crippen LogP contribution < -0.4 is 0 Å². The summed E-state index contributed by atoms with van der Waals surface area (Å²) >= 11 is 11.8. The van der Waals surface area contributed by atoms with Gasteiger partial charge in [0.2, 0.25) is 5.91 Å². The second-order valence-corrected chi connectivity index (χ2v) is 6.24. The van der Waals surface area contributed by atoms with E-state index in [-0.39, 0.29) is 18.9 Å². The summed E-state index contributed by atoms with van der Waals surface area (Å²) in [5, 5.41) is 20.0. The quantitative estimate of drug-likeness (QED) is 0.849. The molecule has 0 saturated carbocycles. The molecule has 7 heteroatoms. The number of carbonyl (C=O) groups excluding carboxylic acids is 1. The first kappa shape index (κ1) is 17.5. The summed E-state index contributed by atoms with van der Waals surface area (Å²) in [5.74, 6) is -0.0905. The second kappa shape index (κ2) is 8.13. The number of carbonyl (C=O) groups is 1. The zero-order chi connectivity index (χ0) is 16.1. The average molecular weight is 347 g/mol. The number of aliphatic hydroxyl groups is 2. The Morgan fingerprint density at radius 3 is 2.27 bits per heavy atom. The van der Waals surface area contributed by atoms with E-state index in [1.807, 2.05) is 0 Å². The van der Waals surface area contributed by atoms with E-state index in [0.717, 1.165) is 13.1 Å². The molecular weight excluding hydrogens is 327 g/mol. The zero-order valence-corrected chi connectivity index (χ0v) is 13.7. The number of aliphatic hydroxyl groups excluding tert-OH is 2. The summed E-state index contributed by atoms with van der Waals surface area (Å²) in [4.78, 5) is 16.1. The van der Waals surface area contributed by atoms with Crippen molar-refractivity contribution in [3.05, 3.63) is 33.8 Å². The number of benzene rings is 1. The van der Waals surface area contributed by atoms with Gasteiger partial charge < -0.3 is 15.1 Å². The Bertz CT molecular complexity index is 499. The Hall–Kier alpha value is -0.850. The standard InChI is InChI=1S/C15H20Cl2N2O3/c16-12-7-11(8-13(17)9-12)14(21)10-15(22)19-3-1-18(2-4-19)5-6-20/h7-9,14,20-21H,1-6,10H2. The van der Waals surface area contributed by atoms with Gasteiger partial charge in [-0.3, -0.25) is 9.69 Å². The Morgan fingerprint density at radius 1 is 1.14 bits per heavy atom. The lowest BCUT2D eigenvalue weighted by molar-refractivity contribution is -0.135. The van der Waals surface area contributed by atoms with Crippen molar-refractivity contribution < 1.29 is 15.0 Å². The van der Waals surface area contributed by atoms with Gasteiger partial charge >= 0.3 is 0 Å². The predicted molar refractivity (Wildman–Crippen MR) is 86.1 cm³/mol. The number of halogens is 2. The van der Waals surface area contributed by atoms with E-state index in [2.05, 4.69) is 4.90 Å². The van der Waals surface area contributed by atoms with Crippen LogP contribution >= 0.6 is 23.2 Å². The summed E-state index contributed by atoms with van der Waals surface area (Å²) < 4.78 is 0. The van der Waals surface area contributed by atoms with Crippen LogP contribution in [0.5, 0.6) is 0 Å². The van der Waals surface area contributed by atoms with Crippen molar-refractivity contribution in [1.82, 2.24) is 9.80 Å². The first-order valence-corrected chi connectivity index (χ1v) is 8.00. The van der Waals surface area contributed by atoms with Crippen molar-refractivity contribution in [2.24, 2.45) is 0 Å². The fourth-order valence-corrected chi connectivity index (χ4v) is 3.09. The lowest BCUT2D eigenvalue weighted by Gasteiger charge is -2.34. The lowest BCUT2D eigenvalue weighted by atomic mass is 10.1. The molecule has 1 aromatic carbocycles. The first-order valence-electron chi connectivity index (χ1n) is 7.24. The molecule has 0 aromatic heterocycles. The number of amides is 1. The topological polar surface area (TPSA) is 64.0 Å². The van der Waals surface area contributed by atoms with Crippen LogP contribution in [0.2, 0.25) is 10.0 Å². The van der Waals surface area contributed by atoms with Crippen LogP contribution in [0.1, 0.15) is 18.1 Å². The number of hydrogen-bond acceptors (Lipinski definition) is 4. The highest BCUT2D eigenvalue weighted by molar-refractivity contribution is 6.34. The predicted octanol–water partition coefficient (Wildman–Crippen LogP) is 1.55. The Morgan fingerprint density at radius 2 is 1.73 bits per heavy atom. The third kappa shape index (κ3) is 4.83. The molecule has 1 saturated heterocycles. The number of hydrogen-bond donors (Lipinski definition) is 2. The first-order chi connectivity index (χ1) is 10.5. The van der Waals surface area contributed by atoms with Crippen molar-refractivity contribution in [2.45, 2.75) is 12.5 Å². The molecular formula is C15H20Cl2N2O3. The third-order valence-electron chi connectivity index (χ3n) is 3.78. The van der Waals surface area contributed by atoms with Crippen LogP contribution in [0.4, 0.5) is 0 Å². The summed E-state index contributed by atoms with van der Waals surface area (Å²) in [5.41, 5.74) is 0.546. The van der Waals surface area contributed by atoms with Crippen LogP contribution in [-0.4, -0.2) is 65.3 Å². The van der Waals surface area contributed by atoms with Gasteiger partial charge in [0.1, 0.15) is 0 Å². The second-order valence-electron chi connectivity index (χ2n) is 5.37. The van der Waals surface area contributed by atoms with Crippen LogP contribution in [-0.2, 0) is 4.79 Å². The summed E-state index contributed by atoms with van der Waals surface area (Å²) in [7, 11) is 0. The highest BCUT2D eigenvalue weighted by Gasteiger charge is 2.23. The van der Waals surface area contributed by atoms with Gasteiger partial charge in [-0.2, -0.15) is 0 Å². The molecule has 2 N–H and O–H groups in total. The van der Waals surface area contributed by atoms with Crippen molar-refractivity contribution in [3.63, 3.8) is 0 Å². The van der Waals surface area contributed by atoms with Crippen molar-refractivity contribution in [2.75, 3.05) is 39.3 Å². The fourth-order valence-electron chi connectivity index (χ4n) is 2.54. The van der Waals surface area contributed by atoms with Crippen molar-refractivity contribution >= 4 is 29.1 Å². The molecule has 0 radical (unpaired) electrons. The lowest BCUT2D eigenvalue weighted by Crippen LogP contribution is -2.49. The van der Waals surface area contributed by atoms with Crippen LogP contribution in [0.25, 0.3) is 0 Å². The van der Waals surface area contributed by atoms with Gasteiger partial charge in [-0.1, -0.05) is 23.2 Å². The molecule has 1 amide bonds. The molecule has 1 aliphatic heterocycles. The van der Waals surface area contributed by atoms with Crippen molar-refractivity contribution in [1.29, 1.82) is 0 Å². The van der Waals surface area contributed by atoms with Gasteiger partial charge in [-0.15, -0.1) is 0 Å². The smallest absolute Gasteiger partial charge is 0.225 e.